The van der Waals surface area contributed by atoms with Crippen molar-refractivity contribution in [2.24, 2.45) is 0 Å². The Hall–Kier alpha value is -3.13. The van der Waals surface area contributed by atoms with Crippen molar-refractivity contribution >= 4 is 41.0 Å². The first kappa shape index (κ1) is 24.1. The number of nitrogens with one attached hydrogen (secondary N) is 2. The minimum atomic E-state index is -1.04. The number of rotatable bonds is 9. The maximum atomic E-state index is 12.6. The van der Waals surface area contributed by atoms with Gasteiger partial charge in [0.25, 0.3) is 5.91 Å². The second-order valence-corrected chi connectivity index (χ2v) is 8.19. The molecule has 0 aliphatic heterocycles. The average molecular weight is 443 g/mol. The fraction of sp³-hybridized carbons (Fsp3) is 0.304. The van der Waals surface area contributed by atoms with Gasteiger partial charge in [0.1, 0.15) is 0 Å². The molecule has 164 valence electrons. The number of hydrogen-bond donors (Lipinski definition) is 2. The van der Waals surface area contributed by atoms with E-state index in [2.05, 4.69) is 10.6 Å². The maximum absolute atomic E-state index is 12.6. The second kappa shape index (κ2) is 11.3. The van der Waals surface area contributed by atoms with Crippen molar-refractivity contribution in [2.45, 2.75) is 44.7 Å². The van der Waals surface area contributed by atoms with Crippen LogP contribution in [0.4, 0.5) is 5.69 Å². The van der Waals surface area contributed by atoms with Gasteiger partial charge in [0.15, 0.2) is 11.9 Å². The third-order valence-electron chi connectivity index (χ3n) is 4.13. The van der Waals surface area contributed by atoms with Crippen LogP contribution in [-0.4, -0.2) is 41.5 Å². The topological polar surface area (TPSA) is 102 Å². The second-order valence-electron chi connectivity index (χ2n) is 7.18. The number of esters is 1. The zero-order valence-electron chi connectivity index (χ0n) is 17.9. The Labute approximate surface area is 185 Å². The molecule has 0 aromatic heterocycles. The fourth-order valence-electron chi connectivity index (χ4n) is 2.58. The van der Waals surface area contributed by atoms with Gasteiger partial charge in [-0.1, -0.05) is 12.1 Å². The van der Waals surface area contributed by atoms with Gasteiger partial charge < -0.3 is 15.4 Å². The third kappa shape index (κ3) is 7.57. The number of hydrogen-bond acceptors (Lipinski definition) is 6. The minimum absolute atomic E-state index is 0.0336. The van der Waals surface area contributed by atoms with E-state index >= 15 is 0 Å². The normalized spacial score (nSPS) is 11.5. The molecule has 0 aliphatic carbocycles. The van der Waals surface area contributed by atoms with Gasteiger partial charge in [-0.15, -0.1) is 11.8 Å². The predicted octanol–water partition coefficient (Wildman–Crippen LogP) is 3.69. The molecule has 2 N–H and O–H groups in total. The number of ether oxygens (including phenoxy) is 1. The van der Waals surface area contributed by atoms with Crippen molar-refractivity contribution in [1.29, 1.82) is 0 Å². The first-order chi connectivity index (χ1) is 14.7. The molecule has 31 heavy (non-hydrogen) atoms. The molecule has 7 nitrogen and oxygen atoms in total. The van der Waals surface area contributed by atoms with Gasteiger partial charge in [-0.05, 0) is 64.1 Å². The van der Waals surface area contributed by atoms with E-state index in [4.69, 9.17) is 4.74 Å². The fourth-order valence-corrected chi connectivity index (χ4v) is 3.43. The summed E-state index contributed by atoms with van der Waals surface area (Å²) in [7, 11) is 0. The summed E-state index contributed by atoms with van der Waals surface area (Å²) in [6.45, 7) is 6.68. The summed E-state index contributed by atoms with van der Waals surface area (Å²) in [4.78, 5) is 48.8. The van der Waals surface area contributed by atoms with Crippen LogP contribution in [0.3, 0.4) is 0 Å². The average Bonchev–Trinajstić information content (AvgIpc) is 2.72. The zero-order chi connectivity index (χ0) is 23.0. The number of Topliss-reactive ketones (excluding diaryl/α,β-unsaturated/α-hetero) is 1. The van der Waals surface area contributed by atoms with Gasteiger partial charge in [0.2, 0.25) is 5.91 Å². The van der Waals surface area contributed by atoms with E-state index in [-0.39, 0.29) is 29.0 Å². The van der Waals surface area contributed by atoms with Crippen molar-refractivity contribution < 1.29 is 23.9 Å². The SMILES string of the molecule is CC(=O)c1ccc(NC(=O)C(C)OC(=O)c2ccccc2SCC(=O)NC(C)C)cc1. The van der Waals surface area contributed by atoms with E-state index in [9.17, 15) is 19.2 Å². The van der Waals surface area contributed by atoms with Crippen LogP contribution in [0.25, 0.3) is 0 Å². The van der Waals surface area contributed by atoms with Gasteiger partial charge in [-0.2, -0.15) is 0 Å². The van der Waals surface area contributed by atoms with Crippen LogP contribution in [-0.2, 0) is 14.3 Å². The third-order valence-corrected chi connectivity index (χ3v) is 5.20. The Morgan fingerprint density at radius 3 is 2.23 bits per heavy atom. The first-order valence-electron chi connectivity index (χ1n) is 9.81. The van der Waals surface area contributed by atoms with Gasteiger partial charge in [-0.3, -0.25) is 14.4 Å². The van der Waals surface area contributed by atoms with Gasteiger partial charge >= 0.3 is 5.97 Å². The highest BCUT2D eigenvalue weighted by Crippen LogP contribution is 2.24. The van der Waals surface area contributed by atoms with E-state index in [1.807, 2.05) is 13.8 Å². The van der Waals surface area contributed by atoms with Crippen molar-refractivity contribution in [2.75, 3.05) is 11.1 Å². The molecule has 0 radical (unpaired) electrons. The summed E-state index contributed by atoms with van der Waals surface area (Å²) >= 11 is 1.23. The Morgan fingerprint density at radius 1 is 0.968 bits per heavy atom. The summed E-state index contributed by atoms with van der Waals surface area (Å²) < 4.78 is 5.33. The number of thioether (sulfide) groups is 1. The molecule has 2 aromatic carbocycles. The first-order valence-corrected chi connectivity index (χ1v) is 10.8. The van der Waals surface area contributed by atoms with Gasteiger partial charge in [0.05, 0.1) is 11.3 Å². The van der Waals surface area contributed by atoms with E-state index in [0.29, 0.717) is 16.1 Å². The lowest BCUT2D eigenvalue weighted by molar-refractivity contribution is -0.123. The van der Waals surface area contributed by atoms with E-state index in [1.165, 1.54) is 25.6 Å². The molecule has 2 aromatic rings. The number of amides is 2. The smallest absolute Gasteiger partial charge is 0.340 e. The summed E-state index contributed by atoms with van der Waals surface area (Å²) in [6.07, 6.45) is -1.04. The van der Waals surface area contributed by atoms with Gasteiger partial charge in [-0.25, -0.2) is 4.79 Å². The highest BCUT2D eigenvalue weighted by Gasteiger charge is 2.21. The highest BCUT2D eigenvalue weighted by atomic mass is 32.2. The van der Waals surface area contributed by atoms with Crippen molar-refractivity contribution in [3.05, 3.63) is 59.7 Å². The number of ketones is 1. The van der Waals surface area contributed by atoms with Crippen LogP contribution in [0.2, 0.25) is 0 Å². The van der Waals surface area contributed by atoms with E-state index < -0.39 is 18.0 Å². The van der Waals surface area contributed by atoms with Crippen LogP contribution in [0.15, 0.2) is 53.4 Å². The van der Waals surface area contributed by atoms with Crippen molar-refractivity contribution in [3.8, 4) is 0 Å². The Balaban J connectivity index is 1.98. The number of benzene rings is 2. The lowest BCUT2D eigenvalue weighted by atomic mass is 10.1. The molecule has 2 amide bonds. The molecule has 0 aliphatic rings. The Morgan fingerprint density at radius 2 is 1.61 bits per heavy atom. The minimum Gasteiger partial charge on any atom is -0.449 e. The molecular formula is C23H26N2O5S. The zero-order valence-corrected chi connectivity index (χ0v) is 18.7. The summed E-state index contributed by atoms with van der Waals surface area (Å²) in [5.74, 6) is -1.19. The van der Waals surface area contributed by atoms with Gasteiger partial charge in [0, 0.05) is 22.2 Å². The van der Waals surface area contributed by atoms with Crippen LogP contribution in [0, 0.1) is 0 Å². The summed E-state index contributed by atoms with van der Waals surface area (Å²) in [6, 6.07) is 13.2. The van der Waals surface area contributed by atoms with E-state index in [0.717, 1.165) is 0 Å². The lowest BCUT2D eigenvalue weighted by Crippen LogP contribution is -2.31. The summed E-state index contributed by atoms with van der Waals surface area (Å²) in [5.41, 5.74) is 1.31. The molecular weight excluding hydrogens is 416 g/mol. The Kier molecular flexibility index (Phi) is 8.81. The number of carbonyl (C=O) groups is 4. The largest absolute Gasteiger partial charge is 0.449 e. The quantitative estimate of drug-likeness (QED) is 0.349. The number of anilines is 1. The molecule has 1 unspecified atom stereocenters. The molecule has 0 spiro atoms. The maximum Gasteiger partial charge on any atom is 0.340 e. The van der Waals surface area contributed by atoms with Crippen LogP contribution in [0.1, 0.15) is 48.4 Å². The van der Waals surface area contributed by atoms with Crippen molar-refractivity contribution in [3.63, 3.8) is 0 Å². The molecule has 8 heteroatoms. The Bertz CT molecular complexity index is 957. The predicted molar refractivity (Wildman–Crippen MR) is 120 cm³/mol. The van der Waals surface area contributed by atoms with E-state index in [1.54, 1.807) is 48.5 Å². The molecule has 0 bridgehead atoms. The monoisotopic (exact) mass is 442 g/mol. The lowest BCUT2D eigenvalue weighted by Gasteiger charge is -2.15. The van der Waals surface area contributed by atoms with Crippen LogP contribution < -0.4 is 10.6 Å². The highest BCUT2D eigenvalue weighted by molar-refractivity contribution is 8.00. The molecule has 1 atom stereocenters. The van der Waals surface area contributed by atoms with Crippen LogP contribution in [0.5, 0.6) is 0 Å². The molecule has 0 fully saturated rings. The van der Waals surface area contributed by atoms with Crippen molar-refractivity contribution in [1.82, 2.24) is 5.32 Å². The number of carbonyl (C=O) groups excluding carboxylic acids is 4. The molecule has 2 rings (SSSR count). The molecule has 0 heterocycles. The summed E-state index contributed by atoms with van der Waals surface area (Å²) in [5, 5.41) is 5.45. The molecule has 0 saturated carbocycles. The van der Waals surface area contributed by atoms with Crippen LogP contribution >= 0.6 is 11.8 Å². The molecule has 0 saturated heterocycles. The standard InChI is InChI=1S/C23H26N2O5S/c1-14(2)24-21(27)13-31-20-8-6-5-7-19(20)23(29)30-16(4)22(28)25-18-11-9-17(10-12-18)15(3)26/h5-12,14,16H,13H2,1-4H3,(H,24,27)(H,25,28).